The first-order chi connectivity index (χ1) is 10.5. The molecule has 0 unspecified atom stereocenters. The molecule has 0 aliphatic heterocycles. The van der Waals surface area contributed by atoms with Gasteiger partial charge in [0.15, 0.2) is 0 Å². The molecule has 0 bridgehead atoms. The molecule has 0 saturated heterocycles. The Hall–Kier alpha value is -2.24. The Kier molecular flexibility index (Phi) is 3.92. The van der Waals surface area contributed by atoms with E-state index in [-0.39, 0.29) is 18.1 Å². The molecule has 0 spiro atoms. The van der Waals surface area contributed by atoms with Gasteiger partial charge in [-0.15, -0.1) is 0 Å². The summed E-state index contributed by atoms with van der Waals surface area (Å²) in [4.78, 5) is 26.8. The van der Waals surface area contributed by atoms with E-state index in [4.69, 9.17) is 23.2 Å². The minimum atomic E-state index is -0.351. The standard InChI is InChI=1S/C15H11Cl2N3O2/c16-9-5-6-11(10(17)7-9)18-14(21)8-20-13-4-2-1-3-12(13)19-15(20)22/h1-7H,8H2,(H,18,21)(H,19,22). The molecule has 1 heterocycles. The molecule has 0 saturated carbocycles. The predicted molar refractivity (Wildman–Crippen MR) is 87.7 cm³/mol. The number of benzene rings is 2. The van der Waals surface area contributed by atoms with E-state index in [9.17, 15) is 9.59 Å². The van der Waals surface area contributed by atoms with Gasteiger partial charge in [-0.05, 0) is 30.3 Å². The van der Waals surface area contributed by atoms with E-state index in [1.165, 1.54) is 10.6 Å². The molecule has 2 aromatic carbocycles. The lowest BCUT2D eigenvalue weighted by Crippen LogP contribution is -2.25. The quantitative estimate of drug-likeness (QED) is 0.771. The smallest absolute Gasteiger partial charge is 0.323 e. The number of aromatic amines is 1. The number of aromatic nitrogens is 2. The van der Waals surface area contributed by atoms with Gasteiger partial charge in [0.2, 0.25) is 5.91 Å². The van der Waals surface area contributed by atoms with Crippen LogP contribution in [0.3, 0.4) is 0 Å². The maximum Gasteiger partial charge on any atom is 0.326 e. The largest absolute Gasteiger partial charge is 0.326 e. The molecule has 0 aliphatic carbocycles. The third kappa shape index (κ3) is 2.86. The Morgan fingerprint density at radius 2 is 1.95 bits per heavy atom. The number of amides is 1. The number of imidazole rings is 1. The van der Waals surface area contributed by atoms with Gasteiger partial charge in [-0.25, -0.2) is 4.79 Å². The summed E-state index contributed by atoms with van der Waals surface area (Å²) in [6, 6.07) is 11.9. The van der Waals surface area contributed by atoms with Crippen LogP contribution < -0.4 is 11.0 Å². The number of carbonyl (C=O) groups excluding carboxylic acids is 1. The fourth-order valence-electron chi connectivity index (χ4n) is 2.19. The first kappa shape index (κ1) is 14.7. The van der Waals surface area contributed by atoms with Gasteiger partial charge in [0.25, 0.3) is 0 Å². The van der Waals surface area contributed by atoms with Crippen molar-refractivity contribution < 1.29 is 4.79 Å². The summed E-state index contributed by atoms with van der Waals surface area (Å²) in [6.45, 7) is -0.109. The zero-order valence-electron chi connectivity index (χ0n) is 11.3. The Labute approximate surface area is 135 Å². The number of halogens is 2. The topological polar surface area (TPSA) is 66.9 Å². The van der Waals surface area contributed by atoms with Crippen LogP contribution in [-0.4, -0.2) is 15.5 Å². The lowest BCUT2D eigenvalue weighted by atomic mass is 10.3. The third-order valence-corrected chi connectivity index (χ3v) is 3.74. The van der Waals surface area contributed by atoms with E-state index >= 15 is 0 Å². The average Bonchev–Trinajstić information content (AvgIpc) is 2.78. The molecule has 0 fully saturated rings. The van der Waals surface area contributed by atoms with Crippen molar-refractivity contribution in [3.05, 3.63) is 63.0 Å². The minimum Gasteiger partial charge on any atom is -0.323 e. The summed E-state index contributed by atoms with van der Waals surface area (Å²) in [6.07, 6.45) is 0. The zero-order valence-corrected chi connectivity index (χ0v) is 12.8. The van der Waals surface area contributed by atoms with Crippen LogP contribution in [0.5, 0.6) is 0 Å². The average molecular weight is 336 g/mol. The SMILES string of the molecule is O=C(Cn1c(=O)[nH]c2ccccc21)Nc1ccc(Cl)cc1Cl. The highest BCUT2D eigenvalue weighted by Crippen LogP contribution is 2.25. The van der Waals surface area contributed by atoms with E-state index < -0.39 is 0 Å². The summed E-state index contributed by atoms with van der Waals surface area (Å²) in [5.74, 6) is -0.351. The van der Waals surface area contributed by atoms with Crippen molar-refractivity contribution in [3.63, 3.8) is 0 Å². The molecule has 0 atom stereocenters. The van der Waals surface area contributed by atoms with Crippen LogP contribution in [0.25, 0.3) is 11.0 Å². The highest BCUT2D eigenvalue weighted by atomic mass is 35.5. The highest BCUT2D eigenvalue weighted by Gasteiger charge is 2.11. The summed E-state index contributed by atoms with van der Waals surface area (Å²) >= 11 is 11.8. The molecule has 0 radical (unpaired) electrons. The number of hydrogen-bond donors (Lipinski definition) is 2. The van der Waals surface area contributed by atoms with Gasteiger partial charge in [0, 0.05) is 5.02 Å². The van der Waals surface area contributed by atoms with Gasteiger partial charge in [0.1, 0.15) is 6.54 Å². The van der Waals surface area contributed by atoms with E-state index in [0.717, 1.165) is 0 Å². The number of rotatable bonds is 3. The fourth-order valence-corrected chi connectivity index (χ4v) is 2.64. The number of H-pyrrole nitrogens is 1. The van der Waals surface area contributed by atoms with Crippen LogP contribution in [0.2, 0.25) is 10.0 Å². The van der Waals surface area contributed by atoms with Crippen LogP contribution in [0.1, 0.15) is 0 Å². The number of para-hydroxylation sites is 2. The summed E-state index contributed by atoms with van der Waals surface area (Å²) in [5, 5.41) is 3.49. The second-order valence-corrected chi connectivity index (χ2v) is 5.55. The van der Waals surface area contributed by atoms with E-state index in [0.29, 0.717) is 26.8 Å². The number of hydrogen-bond acceptors (Lipinski definition) is 2. The highest BCUT2D eigenvalue weighted by molar-refractivity contribution is 6.36. The van der Waals surface area contributed by atoms with Crippen LogP contribution in [0.15, 0.2) is 47.3 Å². The monoisotopic (exact) mass is 335 g/mol. The summed E-state index contributed by atoms with van der Waals surface area (Å²) in [7, 11) is 0. The predicted octanol–water partition coefficient (Wildman–Crippen LogP) is 3.28. The Bertz CT molecular complexity index is 915. The molecule has 0 aliphatic rings. The van der Waals surface area contributed by atoms with Gasteiger partial charge >= 0.3 is 5.69 Å². The maximum absolute atomic E-state index is 12.1. The van der Waals surface area contributed by atoms with Crippen molar-refractivity contribution in [2.75, 3.05) is 5.32 Å². The van der Waals surface area contributed by atoms with Crippen molar-refractivity contribution in [1.82, 2.24) is 9.55 Å². The summed E-state index contributed by atoms with van der Waals surface area (Å²) < 4.78 is 1.37. The fraction of sp³-hybridized carbons (Fsp3) is 0.0667. The van der Waals surface area contributed by atoms with Gasteiger partial charge < -0.3 is 10.3 Å². The van der Waals surface area contributed by atoms with Gasteiger partial charge in [-0.2, -0.15) is 0 Å². The number of carbonyl (C=O) groups is 1. The van der Waals surface area contributed by atoms with Gasteiger partial charge in [-0.1, -0.05) is 35.3 Å². The molecule has 2 N–H and O–H groups in total. The molecule has 5 nitrogen and oxygen atoms in total. The first-order valence-corrected chi connectivity index (χ1v) is 7.22. The molecule has 22 heavy (non-hydrogen) atoms. The van der Waals surface area contributed by atoms with Crippen LogP contribution in [-0.2, 0) is 11.3 Å². The van der Waals surface area contributed by atoms with E-state index in [2.05, 4.69) is 10.3 Å². The Balaban J connectivity index is 1.84. The van der Waals surface area contributed by atoms with Crippen LogP contribution >= 0.6 is 23.2 Å². The minimum absolute atomic E-state index is 0.109. The van der Waals surface area contributed by atoms with E-state index in [1.54, 1.807) is 30.3 Å². The van der Waals surface area contributed by atoms with Gasteiger partial charge in [-0.3, -0.25) is 9.36 Å². The second-order valence-electron chi connectivity index (χ2n) is 4.71. The number of nitrogens with one attached hydrogen (secondary N) is 2. The first-order valence-electron chi connectivity index (χ1n) is 6.47. The van der Waals surface area contributed by atoms with Crippen molar-refractivity contribution in [3.8, 4) is 0 Å². The Morgan fingerprint density at radius 1 is 1.18 bits per heavy atom. The maximum atomic E-state index is 12.1. The molecule has 1 aromatic heterocycles. The number of nitrogens with zero attached hydrogens (tertiary/aromatic N) is 1. The van der Waals surface area contributed by atoms with Crippen molar-refractivity contribution >= 4 is 45.8 Å². The summed E-state index contributed by atoms with van der Waals surface area (Å²) in [5.41, 5.74) is 1.47. The van der Waals surface area contributed by atoms with Crippen molar-refractivity contribution in [2.24, 2.45) is 0 Å². The zero-order chi connectivity index (χ0) is 15.7. The molecule has 3 rings (SSSR count). The molecule has 7 heteroatoms. The molecular formula is C15H11Cl2N3O2. The Morgan fingerprint density at radius 3 is 2.73 bits per heavy atom. The van der Waals surface area contributed by atoms with Gasteiger partial charge in [0.05, 0.1) is 21.7 Å². The molecular weight excluding hydrogens is 325 g/mol. The number of fused-ring (bicyclic) bond motifs is 1. The lowest BCUT2D eigenvalue weighted by molar-refractivity contribution is -0.116. The molecule has 112 valence electrons. The van der Waals surface area contributed by atoms with Crippen LogP contribution in [0.4, 0.5) is 5.69 Å². The number of anilines is 1. The normalized spacial score (nSPS) is 10.8. The molecule has 3 aromatic rings. The third-order valence-electron chi connectivity index (χ3n) is 3.19. The van der Waals surface area contributed by atoms with E-state index in [1.807, 2.05) is 6.07 Å². The molecule has 1 amide bonds. The van der Waals surface area contributed by atoms with Crippen molar-refractivity contribution in [1.29, 1.82) is 0 Å². The lowest BCUT2D eigenvalue weighted by Gasteiger charge is -2.08. The van der Waals surface area contributed by atoms with Crippen LogP contribution in [0, 0.1) is 0 Å². The van der Waals surface area contributed by atoms with Crippen molar-refractivity contribution in [2.45, 2.75) is 6.54 Å². The second kappa shape index (κ2) is 5.87.